The van der Waals surface area contributed by atoms with Crippen LogP contribution in [-0.4, -0.2) is 26.3 Å². The van der Waals surface area contributed by atoms with Crippen LogP contribution in [0, 0.1) is 5.92 Å². The fourth-order valence-corrected chi connectivity index (χ4v) is 5.33. The summed E-state index contributed by atoms with van der Waals surface area (Å²) in [7, 11) is 3.45. The SMILES string of the molecule is COc1ccc(OC)c(CNC2CCC3CCCCCC3NC2c2ccccc2)c1. The highest BCUT2D eigenvalue weighted by molar-refractivity contribution is 5.40. The highest BCUT2D eigenvalue weighted by Crippen LogP contribution is 2.35. The van der Waals surface area contributed by atoms with E-state index in [0.29, 0.717) is 18.1 Å². The van der Waals surface area contributed by atoms with Crippen LogP contribution in [-0.2, 0) is 6.54 Å². The molecular weight excluding hydrogens is 372 g/mol. The largest absolute Gasteiger partial charge is 0.497 e. The third-order valence-electron chi connectivity index (χ3n) is 7.00. The van der Waals surface area contributed by atoms with E-state index in [-0.39, 0.29) is 0 Å². The molecule has 2 aliphatic rings. The number of methoxy groups -OCH3 is 2. The third kappa shape index (κ3) is 4.98. The van der Waals surface area contributed by atoms with Gasteiger partial charge in [-0.15, -0.1) is 0 Å². The van der Waals surface area contributed by atoms with Crippen molar-refractivity contribution < 1.29 is 9.47 Å². The Morgan fingerprint density at radius 1 is 0.900 bits per heavy atom. The summed E-state index contributed by atoms with van der Waals surface area (Å²) in [4.78, 5) is 0. The Balaban J connectivity index is 1.55. The summed E-state index contributed by atoms with van der Waals surface area (Å²) in [5.41, 5.74) is 2.53. The Kier molecular flexibility index (Phi) is 7.29. The average molecular weight is 409 g/mol. The molecule has 4 atom stereocenters. The molecule has 4 heteroatoms. The van der Waals surface area contributed by atoms with Crippen LogP contribution in [0.1, 0.15) is 62.1 Å². The van der Waals surface area contributed by atoms with Gasteiger partial charge in [0.2, 0.25) is 0 Å². The molecule has 162 valence electrons. The van der Waals surface area contributed by atoms with Crippen molar-refractivity contribution >= 4 is 0 Å². The maximum atomic E-state index is 5.60. The van der Waals surface area contributed by atoms with Gasteiger partial charge in [-0.1, -0.05) is 49.6 Å². The number of ether oxygens (including phenoxy) is 2. The predicted molar refractivity (Wildman–Crippen MR) is 122 cm³/mol. The minimum atomic E-state index is 0.330. The zero-order valence-corrected chi connectivity index (χ0v) is 18.4. The molecule has 4 rings (SSSR count). The molecule has 2 aromatic carbocycles. The van der Waals surface area contributed by atoms with Crippen molar-refractivity contribution in [1.29, 1.82) is 0 Å². The molecule has 2 aromatic rings. The normalized spacial score (nSPS) is 26.9. The highest BCUT2D eigenvalue weighted by atomic mass is 16.5. The van der Waals surface area contributed by atoms with Gasteiger partial charge in [0.25, 0.3) is 0 Å². The van der Waals surface area contributed by atoms with E-state index in [1.54, 1.807) is 14.2 Å². The van der Waals surface area contributed by atoms with E-state index >= 15 is 0 Å². The first-order valence-electron chi connectivity index (χ1n) is 11.5. The lowest BCUT2D eigenvalue weighted by Gasteiger charge is -2.31. The Morgan fingerprint density at radius 2 is 1.73 bits per heavy atom. The van der Waals surface area contributed by atoms with E-state index in [1.165, 1.54) is 50.5 Å². The van der Waals surface area contributed by atoms with Crippen molar-refractivity contribution in [2.24, 2.45) is 5.92 Å². The maximum absolute atomic E-state index is 5.60. The minimum absolute atomic E-state index is 0.330. The number of rotatable bonds is 6. The molecule has 0 aromatic heterocycles. The number of hydrogen-bond donors (Lipinski definition) is 2. The van der Waals surface area contributed by atoms with Gasteiger partial charge in [-0.3, -0.25) is 0 Å². The Morgan fingerprint density at radius 3 is 2.53 bits per heavy atom. The zero-order chi connectivity index (χ0) is 20.8. The van der Waals surface area contributed by atoms with E-state index in [1.807, 2.05) is 12.1 Å². The van der Waals surface area contributed by atoms with Crippen LogP contribution >= 0.6 is 0 Å². The predicted octanol–water partition coefficient (Wildman–Crippen LogP) is 5.24. The summed E-state index contributed by atoms with van der Waals surface area (Å²) in [6, 6.07) is 18.4. The monoisotopic (exact) mass is 408 g/mol. The molecule has 1 saturated carbocycles. The highest BCUT2D eigenvalue weighted by Gasteiger charge is 2.34. The molecular formula is C26H36N2O2. The number of hydrogen-bond acceptors (Lipinski definition) is 4. The second-order valence-electron chi connectivity index (χ2n) is 8.80. The topological polar surface area (TPSA) is 42.5 Å². The van der Waals surface area contributed by atoms with Crippen molar-refractivity contribution in [1.82, 2.24) is 10.6 Å². The molecule has 4 unspecified atom stereocenters. The lowest BCUT2D eigenvalue weighted by atomic mass is 9.90. The summed E-state index contributed by atoms with van der Waals surface area (Å²) < 4.78 is 11.0. The first-order valence-corrected chi connectivity index (χ1v) is 11.5. The van der Waals surface area contributed by atoms with Crippen LogP contribution in [0.15, 0.2) is 48.5 Å². The van der Waals surface area contributed by atoms with Crippen LogP contribution in [0.3, 0.4) is 0 Å². The van der Waals surface area contributed by atoms with Gasteiger partial charge in [-0.2, -0.15) is 0 Å². The number of nitrogens with one attached hydrogen (secondary N) is 2. The summed E-state index contributed by atoms with van der Waals surface area (Å²) in [6.07, 6.45) is 9.31. The van der Waals surface area contributed by atoms with Crippen LogP contribution < -0.4 is 20.1 Å². The molecule has 1 aliphatic heterocycles. The summed E-state index contributed by atoms with van der Waals surface area (Å²) in [6.45, 7) is 0.769. The van der Waals surface area contributed by atoms with Gasteiger partial charge >= 0.3 is 0 Å². The van der Waals surface area contributed by atoms with Crippen LogP contribution in [0.5, 0.6) is 11.5 Å². The third-order valence-corrected chi connectivity index (χ3v) is 7.00. The quantitative estimate of drug-likeness (QED) is 0.686. The van der Waals surface area contributed by atoms with Gasteiger partial charge in [0, 0.05) is 30.2 Å². The zero-order valence-electron chi connectivity index (χ0n) is 18.4. The van der Waals surface area contributed by atoms with Crippen molar-refractivity contribution in [3.63, 3.8) is 0 Å². The molecule has 1 saturated heterocycles. The molecule has 1 aliphatic carbocycles. The molecule has 1 heterocycles. The number of fused-ring (bicyclic) bond motifs is 1. The van der Waals surface area contributed by atoms with E-state index in [2.05, 4.69) is 47.0 Å². The first-order chi connectivity index (χ1) is 14.8. The summed E-state index contributed by atoms with van der Waals surface area (Å²) in [5, 5.41) is 7.97. The van der Waals surface area contributed by atoms with Crippen molar-refractivity contribution in [2.45, 2.75) is 69.6 Å². The Bertz CT molecular complexity index is 795. The van der Waals surface area contributed by atoms with Crippen molar-refractivity contribution in [3.05, 3.63) is 59.7 Å². The Hall–Kier alpha value is -2.04. The van der Waals surface area contributed by atoms with Gasteiger partial charge in [-0.25, -0.2) is 0 Å². The Labute approximate surface area is 181 Å². The van der Waals surface area contributed by atoms with Crippen LogP contribution in [0.2, 0.25) is 0 Å². The van der Waals surface area contributed by atoms with E-state index in [9.17, 15) is 0 Å². The van der Waals surface area contributed by atoms with Gasteiger partial charge in [-0.05, 0) is 55.4 Å². The lowest BCUT2D eigenvalue weighted by molar-refractivity contribution is 0.314. The van der Waals surface area contributed by atoms with Crippen molar-refractivity contribution in [3.8, 4) is 11.5 Å². The molecule has 2 N–H and O–H groups in total. The fourth-order valence-electron chi connectivity index (χ4n) is 5.33. The lowest BCUT2D eigenvalue weighted by Crippen LogP contribution is -2.44. The fraction of sp³-hybridized carbons (Fsp3) is 0.538. The minimum Gasteiger partial charge on any atom is -0.497 e. The van der Waals surface area contributed by atoms with E-state index < -0.39 is 0 Å². The summed E-state index contributed by atoms with van der Waals surface area (Å²) in [5.74, 6) is 2.58. The van der Waals surface area contributed by atoms with Gasteiger partial charge in [0.05, 0.1) is 14.2 Å². The van der Waals surface area contributed by atoms with Crippen LogP contribution in [0.4, 0.5) is 0 Å². The second-order valence-corrected chi connectivity index (χ2v) is 8.80. The first kappa shape index (κ1) is 21.2. The maximum Gasteiger partial charge on any atom is 0.123 e. The van der Waals surface area contributed by atoms with Gasteiger partial charge in [0.1, 0.15) is 11.5 Å². The van der Waals surface area contributed by atoms with E-state index in [4.69, 9.17) is 9.47 Å². The smallest absolute Gasteiger partial charge is 0.123 e. The van der Waals surface area contributed by atoms with Gasteiger partial charge in [0.15, 0.2) is 0 Å². The van der Waals surface area contributed by atoms with Crippen molar-refractivity contribution in [2.75, 3.05) is 14.2 Å². The molecule has 30 heavy (non-hydrogen) atoms. The molecule has 0 radical (unpaired) electrons. The van der Waals surface area contributed by atoms with Gasteiger partial charge < -0.3 is 20.1 Å². The molecule has 0 spiro atoms. The van der Waals surface area contributed by atoms with E-state index in [0.717, 1.165) is 29.5 Å². The standard InChI is InChI=1S/C26H36N2O2/c1-29-22-14-16-25(30-2)21(17-22)18-27-24-15-13-19-9-5-4-8-12-23(19)28-26(24)20-10-6-3-7-11-20/h3,6-7,10-11,14,16-17,19,23-24,26-28H,4-5,8-9,12-13,15,18H2,1-2H3. The number of benzene rings is 2. The second kappa shape index (κ2) is 10.3. The average Bonchev–Trinajstić information content (AvgIpc) is 3.12. The molecule has 4 nitrogen and oxygen atoms in total. The molecule has 0 bridgehead atoms. The van der Waals surface area contributed by atoms with Crippen LogP contribution in [0.25, 0.3) is 0 Å². The molecule has 2 fully saturated rings. The molecule has 0 amide bonds. The summed E-state index contributed by atoms with van der Waals surface area (Å²) >= 11 is 0.